The van der Waals surface area contributed by atoms with Crippen molar-refractivity contribution in [3.63, 3.8) is 0 Å². The molecule has 1 aliphatic heterocycles. The molecule has 2 aromatic heterocycles. The van der Waals surface area contributed by atoms with Crippen LogP contribution in [0.3, 0.4) is 0 Å². The molecule has 0 aliphatic carbocycles. The zero-order valence-electron chi connectivity index (χ0n) is 14.4. The predicted octanol–water partition coefficient (Wildman–Crippen LogP) is 3.62. The van der Waals surface area contributed by atoms with Crippen LogP contribution in [0.15, 0.2) is 47.2 Å². The monoisotopic (exact) mass is 354 g/mol. The van der Waals surface area contributed by atoms with Crippen LogP contribution in [0.1, 0.15) is 30.3 Å². The molecule has 4 rings (SSSR count). The second-order valence-corrected chi connectivity index (χ2v) is 6.26. The molecular formula is C19H19FN4O2. The minimum absolute atomic E-state index is 0.0153. The van der Waals surface area contributed by atoms with Gasteiger partial charge in [-0.3, -0.25) is 9.88 Å². The van der Waals surface area contributed by atoms with Gasteiger partial charge in [0.05, 0.1) is 13.2 Å². The average molecular weight is 354 g/mol. The van der Waals surface area contributed by atoms with Gasteiger partial charge in [-0.1, -0.05) is 17.3 Å². The summed E-state index contributed by atoms with van der Waals surface area (Å²) in [5.41, 5.74) is 1.41. The molecule has 3 aromatic rings. The van der Waals surface area contributed by atoms with Gasteiger partial charge in [0.1, 0.15) is 0 Å². The van der Waals surface area contributed by atoms with Crippen LogP contribution in [0, 0.1) is 5.82 Å². The molecule has 0 bridgehead atoms. The maximum atomic E-state index is 14.5. The summed E-state index contributed by atoms with van der Waals surface area (Å²) in [6.45, 7) is 1.32. The fraction of sp³-hybridized carbons (Fsp3) is 0.316. The van der Waals surface area contributed by atoms with Gasteiger partial charge in [-0.05, 0) is 37.6 Å². The summed E-state index contributed by atoms with van der Waals surface area (Å²) < 4.78 is 25.0. The van der Waals surface area contributed by atoms with E-state index in [2.05, 4.69) is 20.0 Å². The molecule has 3 heterocycles. The van der Waals surface area contributed by atoms with Crippen molar-refractivity contribution in [1.29, 1.82) is 0 Å². The molecule has 1 aliphatic rings. The Balaban J connectivity index is 1.55. The van der Waals surface area contributed by atoms with Gasteiger partial charge in [-0.25, -0.2) is 4.39 Å². The van der Waals surface area contributed by atoms with E-state index in [0.29, 0.717) is 23.8 Å². The third-order valence-corrected chi connectivity index (χ3v) is 4.65. The Bertz CT molecular complexity index is 884. The van der Waals surface area contributed by atoms with Crippen molar-refractivity contribution >= 4 is 0 Å². The first-order valence-corrected chi connectivity index (χ1v) is 8.55. The van der Waals surface area contributed by atoms with Gasteiger partial charge in [0, 0.05) is 30.1 Å². The number of hydrogen-bond donors (Lipinski definition) is 0. The lowest BCUT2D eigenvalue weighted by atomic mass is 10.1. The van der Waals surface area contributed by atoms with Gasteiger partial charge in [0.15, 0.2) is 11.6 Å². The Hall–Kier alpha value is -2.80. The minimum atomic E-state index is -0.317. The van der Waals surface area contributed by atoms with Crippen molar-refractivity contribution in [1.82, 2.24) is 20.0 Å². The van der Waals surface area contributed by atoms with Crippen molar-refractivity contribution in [2.45, 2.75) is 25.4 Å². The fourth-order valence-electron chi connectivity index (χ4n) is 3.33. The van der Waals surface area contributed by atoms with E-state index < -0.39 is 0 Å². The number of rotatable bonds is 5. The first-order chi connectivity index (χ1) is 12.8. The minimum Gasteiger partial charge on any atom is -0.494 e. The first-order valence-electron chi connectivity index (χ1n) is 8.55. The van der Waals surface area contributed by atoms with E-state index >= 15 is 0 Å². The lowest BCUT2D eigenvalue weighted by Crippen LogP contribution is -2.23. The Morgan fingerprint density at radius 1 is 1.31 bits per heavy atom. The number of ether oxygens (including phenoxy) is 1. The molecule has 1 unspecified atom stereocenters. The SMILES string of the molecule is COc1cccc(CN2CCCC2c2nc(-c3cccnc3)no2)c1F. The van der Waals surface area contributed by atoms with Crippen molar-refractivity contribution < 1.29 is 13.7 Å². The van der Waals surface area contributed by atoms with Gasteiger partial charge in [0.2, 0.25) is 11.7 Å². The van der Waals surface area contributed by atoms with Crippen molar-refractivity contribution in [2.75, 3.05) is 13.7 Å². The highest BCUT2D eigenvalue weighted by Crippen LogP contribution is 2.34. The number of nitrogens with zero attached hydrogens (tertiary/aromatic N) is 4. The normalized spacial score (nSPS) is 17.5. The number of halogens is 1. The van der Waals surface area contributed by atoms with Crippen molar-refractivity contribution in [3.05, 3.63) is 60.0 Å². The number of hydrogen-bond acceptors (Lipinski definition) is 6. The van der Waals surface area contributed by atoms with Gasteiger partial charge >= 0.3 is 0 Å². The van der Waals surface area contributed by atoms with Crippen molar-refractivity contribution in [2.24, 2.45) is 0 Å². The summed E-state index contributed by atoms with van der Waals surface area (Å²) in [7, 11) is 1.47. The summed E-state index contributed by atoms with van der Waals surface area (Å²) in [5.74, 6) is 1.02. The highest BCUT2D eigenvalue weighted by atomic mass is 19.1. The van der Waals surface area contributed by atoms with Gasteiger partial charge in [-0.15, -0.1) is 0 Å². The zero-order chi connectivity index (χ0) is 17.9. The Morgan fingerprint density at radius 3 is 3.04 bits per heavy atom. The van der Waals surface area contributed by atoms with Crippen LogP contribution in [-0.4, -0.2) is 33.7 Å². The molecule has 1 saturated heterocycles. The second kappa shape index (κ2) is 7.21. The van der Waals surface area contributed by atoms with Crippen molar-refractivity contribution in [3.8, 4) is 17.1 Å². The van der Waals surface area contributed by atoms with E-state index in [1.165, 1.54) is 7.11 Å². The van der Waals surface area contributed by atoms with Crippen LogP contribution >= 0.6 is 0 Å². The molecule has 0 radical (unpaired) electrons. The van der Waals surface area contributed by atoms with E-state index in [9.17, 15) is 4.39 Å². The van der Waals surface area contributed by atoms with E-state index in [-0.39, 0.29) is 17.6 Å². The molecule has 134 valence electrons. The molecule has 0 amide bonds. The van der Waals surface area contributed by atoms with Crippen LogP contribution in [0.2, 0.25) is 0 Å². The highest BCUT2D eigenvalue weighted by molar-refractivity contribution is 5.51. The van der Waals surface area contributed by atoms with Gasteiger partial charge < -0.3 is 9.26 Å². The maximum absolute atomic E-state index is 14.5. The lowest BCUT2D eigenvalue weighted by Gasteiger charge is -2.22. The first kappa shape index (κ1) is 16.7. The van der Waals surface area contributed by atoms with Crippen LogP contribution in [0.25, 0.3) is 11.4 Å². The summed E-state index contributed by atoms with van der Waals surface area (Å²) in [5, 5.41) is 4.07. The third kappa shape index (κ3) is 3.17. The number of benzene rings is 1. The average Bonchev–Trinajstić information content (AvgIpc) is 3.33. The van der Waals surface area contributed by atoms with Crippen LogP contribution in [0.5, 0.6) is 5.75 Å². The molecule has 1 aromatic carbocycles. The fourth-order valence-corrected chi connectivity index (χ4v) is 3.33. The zero-order valence-corrected chi connectivity index (χ0v) is 14.4. The van der Waals surface area contributed by atoms with Crippen LogP contribution in [-0.2, 0) is 6.54 Å². The molecule has 1 fully saturated rings. The highest BCUT2D eigenvalue weighted by Gasteiger charge is 2.31. The number of likely N-dealkylation sites (tertiary alicyclic amines) is 1. The summed E-state index contributed by atoms with van der Waals surface area (Å²) in [4.78, 5) is 10.8. The van der Waals surface area contributed by atoms with E-state index in [1.54, 1.807) is 30.6 Å². The lowest BCUT2D eigenvalue weighted by molar-refractivity contribution is 0.198. The Morgan fingerprint density at radius 2 is 2.23 bits per heavy atom. The van der Waals surface area contributed by atoms with E-state index in [4.69, 9.17) is 9.26 Å². The summed E-state index contributed by atoms with van der Waals surface area (Å²) in [6.07, 6.45) is 5.31. The molecular weight excluding hydrogens is 335 g/mol. The molecule has 0 spiro atoms. The molecule has 26 heavy (non-hydrogen) atoms. The molecule has 0 N–H and O–H groups in total. The predicted molar refractivity (Wildman–Crippen MR) is 92.9 cm³/mol. The Labute approximate surface area is 150 Å². The third-order valence-electron chi connectivity index (χ3n) is 4.65. The quantitative estimate of drug-likeness (QED) is 0.697. The molecule has 0 saturated carbocycles. The second-order valence-electron chi connectivity index (χ2n) is 6.26. The molecule has 6 nitrogen and oxygen atoms in total. The molecule has 7 heteroatoms. The smallest absolute Gasteiger partial charge is 0.244 e. The van der Waals surface area contributed by atoms with Gasteiger partial charge in [-0.2, -0.15) is 4.98 Å². The maximum Gasteiger partial charge on any atom is 0.244 e. The largest absolute Gasteiger partial charge is 0.494 e. The van der Waals surface area contributed by atoms with E-state index in [0.717, 1.165) is 24.9 Å². The van der Waals surface area contributed by atoms with Gasteiger partial charge in [0.25, 0.3) is 0 Å². The number of aromatic nitrogens is 3. The Kier molecular flexibility index (Phi) is 4.62. The summed E-state index contributed by atoms with van der Waals surface area (Å²) >= 11 is 0. The number of methoxy groups -OCH3 is 1. The van der Waals surface area contributed by atoms with E-state index in [1.807, 2.05) is 12.1 Å². The standard InChI is InChI=1S/C19H19FN4O2/c1-25-16-8-2-5-14(17(16)20)12-24-10-4-7-15(24)19-22-18(23-26-19)13-6-3-9-21-11-13/h2-3,5-6,8-9,11,15H,4,7,10,12H2,1H3. The topological polar surface area (TPSA) is 64.3 Å². The summed E-state index contributed by atoms with van der Waals surface area (Å²) in [6, 6.07) is 8.91. The number of pyridine rings is 1. The van der Waals surface area contributed by atoms with Crippen LogP contribution < -0.4 is 4.74 Å². The molecule has 1 atom stereocenters. The van der Waals surface area contributed by atoms with Crippen LogP contribution in [0.4, 0.5) is 4.39 Å².